The second-order valence-corrected chi connectivity index (χ2v) is 8.15. The highest BCUT2D eigenvalue weighted by atomic mass is 16.5. The second kappa shape index (κ2) is 10.9. The lowest BCUT2D eigenvalue weighted by atomic mass is 9.89. The van der Waals surface area contributed by atoms with Gasteiger partial charge in [-0.25, -0.2) is 14.7 Å². The molecule has 2 aromatic heterocycles. The number of aryl methyl sites for hydroxylation is 1. The monoisotopic (exact) mass is 432 g/mol. The van der Waals surface area contributed by atoms with E-state index in [2.05, 4.69) is 58.8 Å². The molecule has 0 spiro atoms. The van der Waals surface area contributed by atoms with Gasteiger partial charge in [0.15, 0.2) is 11.8 Å². The Morgan fingerprint density at radius 1 is 1.19 bits per heavy atom. The van der Waals surface area contributed by atoms with E-state index in [1.165, 1.54) is 11.1 Å². The van der Waals surface area contributed by atoms with Gasteiger partial charge in [-0.2, -0.15) is 5.10 Å². The van der Waals surface area contributed by atoms with Crippen molar-refractivity contribution in [2.45, 2.75) is 39.3 Å². The summed E-state index contributed by atoms with van der Waals surface area (Å²) in [5, 5.41) is 11.2. The highest BCUT2D eigenvalue weighted by molar-refractivity contribution is 5.79. The Bertz CT molecular complexity index is 1000. The Morgan fingerprint density at radius 2 is 2.06 bits per heavy atom. The van der Waals surface area contributed by atoms with Gasteiger partial charge in [0.05, 0.1) is 12.6 Å². The van der Waals surface area contributed by atoms with Crippen LogP contribution in [0.15, 0.2) is 66.0 Å². The van der Waals surface area contributed by atoms with Gasteiger partial charge in [-0.05, 0) is 56.0 Å². The molecule has 0 amide bonds. The van der Waals surface area contributed by atoms with Crippen molar-refractivity contribution in [2.75, 3.05) is 19.7 Å². The van der Waals surface area contributed by atoms with Crippen molar-refractivity contribution in [3.8, 4) is 5.82 Å². The van der Waals surface area contributed by atoms with Gasteiger partial charge in [-0.3, -0.25) is 0 Å². The summed E-state index contributed by atoms with van der Waals surface area (Å²) in [6.45, 7) is 7.21. The first-order valence-corrected chi connectivity index (χ1v) is 11.4. The molecule has 168 valence electrons. The predicted molar refractivity (Wildman–Crippen MR) is 127 cm³/mol. The summed E-state index contributed by atoms with van der Waals surface area (Å²) in [4.78, 5) is 9.19. The van der Waals surface area contributed by atoms with Gasteiger partial charge >= 0.3 is 0 Å². The Kier molecular flexibility index (Phi) is 7.51. The Labute approximate surface area is 189 Å². The van der Waals surface area contributed by atoms with E-state index < -0.39 is 0 Å². The number of benzene rings is 1. The van der Waals surface area contributed by atoms with E-state index in [9.17, 15) is 0 Å². The number of hydrogen-bond donors (Lipinski definition) is 2. The van der Waals surface area contributed by atoms with Crippen molar-refractivity contribution in [3.05, 3.63) is 77.7 Å². The maximum absolute atomic E-state index is 6.17. The number of rotatable bonds is 7. The molecule has 4 rings (SSSR count). The zero-order valence-corrected chi connectivity index (χ0v) is 18.9. The molecule has 2 N–H and O–H groups in total. The van der Waals surface area contributed by atoms with E-state index >= 15 is 0 Å². The largest absolute Gasteiger partial charge is 0.373 e. The van der Waals surface area contributed by atoms with Crippen molar-refractivity contribution in [1.82, 2.24) is 25.4 Å². The van der Waals surface area contributed by atoms with Gasteiger partial charge < -0.3 is 15.4 Å². The minimum Gasteiger partial charge on any atom is -0.373 e. The summed E-state index contributed by atoms with van der Waals surface area (Å²) in [7, 11) is 0. The number of nitrogens with one attached hydrogen (secondary N) is 2. The fourth-order valence-electron chi connectivity index (χ4n) is 4.01. The number of aromatic nitrogens is 3. The van der Waals surface area contributed by atoms with Crippen LogP contribution in [0.3, 0.4) is 0 Å². The van der Waals surface area contributed by atoms with Crippen molar-refractivity contribution in [3.63, 3.8) is 0 Å². The molecule has 1 aliphatic heterocycles. The number of ether oxygens (including phenoxy) is 1. The maximum Gasteiger partial charge on any atom is 0.191 e. The van der Waals surface area contributed by atoms with Crippen LogP contribution in [0.5, 0.6) is 0 Å². The van der Waals surface area contributed by atoms with Crippen LogP contribution in [0.4, 0.5) is 0 Å². The van der Waals surface area contributed by atoms with Crippen LogP contribution in [0.2, 0.25) is 0 Å². The molecule has 0 saturated carbocycles. The molecule has 7 heteroatoms. The summed E-state index contributed by atoms with van der Waals surface area (Å²) in [6, 6.07) is 14.6. The van der Waals surface area contributed by atoms with Crippen molar-refractivity contribution in [2.24, 2.45) is 10.9 Å². The van der Waals surface area contributed by atoms with Crippen molar-refractivity contribution in [1.29, 1.82) is 0 Å². The highest BCUT2D eigenvalue weighted by Crippen LogP contribution is 2.33. The number of nitrogens with zero attached hydrogens (tertiary/aromatic N) is 4. The molecule has 2 atom stereocenters. The molecule has 0 radical (unpaired) electrons. The van der Waals surface area contributed by atoms with Gasteiger partial charge in [0, 0.05) is 44.2 Å². The quantitative estimate of drug-likeness (QED) is 0.439. The minimum atomic E-state index is 0.122. The Balaban J connectivity index is 1.41. The lowest BCUT2D eigenvalue weighted by molar-refractivity contribution is -0.0265. The first kappa shape index (κ1) is 22.0. The van der Waals surface area contributed by atoms with Gasteiger partial charge in [0.2, 0.25) is 0 Å². The molecular formula is C25H32N6O. The standard InChI is InChI=1S/C25H32N6O/c1-3-26-25(28-17-20-11-13-27-23(16-20)31-14-5-12-30-31)29-18-22-6-4-15-32-24(22)21-9-7-19(2)8-10-21/h5,7-14,16,22,24H,3-4,6,15,17-18H2,1-2H3,(H2,26,28,29). The third kappa shape index (κ3) is 5.73. The molecule has 1 saturated heterocycles. The van der Waals surface area contributed by atoms with Crippen LogP contribution in [-0.2, 0) is 11.3 Å². The summed E-state index contributed by atoms with van der Waals surface area (Å²) in [6.07, 6.45) is 7.79. The number of hydrogen-bond acceptors (Lipinski definition) is 4. The SMILES string of the molecule is CCNC(=NCc1ccnc(-n2cccn2)c1)NCC1CCCOC1c1ccc(C)cc1. The molecule has 1 fully saturated rings. The first-order valence-electron chi connectivity index (χ1n) is 11.4. The van der Waals surface area contributed by atoms with Gasteiger partial charge in [0.1, 0.15) is 0 Å². The first-order chi connectivity index (χ1) is 15.7. The molecule has 1 aliphatic rings. The van der Waals surface area contributed by atoms with E-state index in [0.717, 1.165) is 49.9 Å². The van der Waals surface area contributed by atoms with E-state index in [1.54, 1.807) is 17.1 Å². The number of guanidine groups is 1. The summed E-state index contributed by atoms with van der Waals surface area (Å²) >= 11 is 0. The van der Waals surface area contributed by atoms with Crippen LogP contribution in [0, 0.1) is 12.8 Å². The van der Waals surface area contributed by atoms with Crippen molar-refractivity contribution < 1.29 is 4.74 Å². The highest BCUT2D eigenvalue weighted by Gasteiger charge is 2.27. The minimum absolute atomic E-state index is 0.122. The normalized spacial score (nSPS) is 19.0. The smallest absolute Gasteiger partial charge is 0.191 e. The molecular weight excluding hydrogens is 400 g/mol. The van der Waals surface area contributed by atoms with Gasteiger partial charge in [0.25, 0.3) is 0 Å². The number of pyridine rings is 1. The van der Waals surface area contributed by atoms with Crippen LogP contribution in [0.25, 0.3) is 5.82 Å². The third-order valence-electron chi connectivity index (χ3n) is 5.70. The molecule has 32 heavy (non-hydrogen) atoms. The summed E-state index contributed by atoms with van der Waals surface area (Å²) in [5.74, 6) is 2.02. The second-order valence-electron chi connectivity index (χ2n) is 8.15. The maximum atomic E-state index is 6.17. The topological polar surface area (TPSA) is 76.4 Å². The van der Waals surface area contributed by atoms with E-state index in [-0.39, 0.29) is 6.10 Å². The third-order valence-corrected chi connectivity index (χ3v) is 5.70. The summed E-state index contributed by atoms with van der Waals surface area (Å²) in [5.41, 5.74) is 3.61. The molecule has 0 bridgehead atoms. The lowest BCUT2D eigenvalue weighted by Crippen LogP contribution is -2.42. The molecule has 1 aromatic carbocycles. The van der Waals surface area contributed by atoms with Crippen molar-refractivity contribution >= 4 is 5.96 Å². The van der Waals surface area contributed by atoms with E-state index in [0.29, 0.717) is 12.5 Å². The van der Waals surface area contributed by atoms with Crippen LogP contribution in [0.1, 0.15) is 42.6 Å². The molecule has 3 aromatic rings. The molecule has 2 unspecified atom stereocenters. The predicted octanol–water partition coefficient (Wildman–Crippen LogP) is 3.80. The average Bonchev–Trinajstić information content (AvgIpc) is 3.37. The molecule has 0 aliphatic carbocycles. The lowest BCUT2D eigenvalue weighted by Gasteiger charge is -2.32. The van der Waals surface area contributed by atoms with Gasteiger partial charge in [-0.15, -0.1) is 0 Å². The number of aliphatic imine (C=N–C) groups is 1. The van der Waals surface area contributed by atoms with Crippen LogP contribution < -0.4 is 10.6 Å². The Morgan fingerprint density at radius 3 is 2.84 bits per heavy atom. The summed E-state index contributed by atoms with van der Waals surface area (Å²) < 4.78 is 7.93. The van der Waals surface area contributed by atoms with Crippen LogP contribution in [-0.4, -0.2) is 40.4 Å². The van der Waals surface area contributed by atoms with Gasteiger partial charge in [-0.1, -0.05) is 29.8 Å². The molecule has 3 heterocycles. The Hall–Kier alpha value is -3.19. The molecule has 7 nitrogen and oxygen atoms in total. The van der Waals surface area contributed by atoms with E-state index in [1.807, 2.05) is 24.4 Å². The fraction of sp³-hybridized carbons (Fsp3) is 0.400. The van der Waals surface area contributed by atoms with E-state index in [4.69, 9.17) is 9.73 Å². The zero-order chi connectivity index (χ0) is 22.2. The van der Waals surface area contributed by atoms with Crippen LogP contribution >= 0.6 is 0 Å². The fourth-order valence-corrected chi connectivity index (χ4v) is 4.01. The zero-order valence-electron chi connectivity index (χ0n) is 18.9. The average molecular weight is 433 g/mol.